The first-order valence-electron chi connectivity index (χ1n) is 6.02. The van der Waals surface area contributed by atoms with Crippen LogP contribution in [0.2, 0.25) is 0 Å². The Hall–Kier alpha value is -2.30. The molecule has 1 aromatic rings. The molecule has 0 aromatic heterocycles. The molecule has 0 saturated heterocycles. The third-order valence-corrected chi connectivity index (χ3v) is 2.35. The molecule has 1 rings (SSSR count). The Morgan fingerprint density at radius 2 is 1.89 bits per heavy atom. The molecule has 5 heteroatoms. The number of urea groups is 1. The highest BCUT2D eigenvalue weighted by atomic mass is 16.4. The molecule has 5 nitrogen and oxygen atoms in total. The van der Waals surface area contributed by atoms with Gasteiger partial charge in [-0.2, -0.15) is 0 Å². The van der Waals surface area contributed by atoms with Crippen LogP contribution in [0.1, 0.15) is 29.8 Å². The second-order valence-electron chi connectivity index (χ2n) is 4.43. The summed E-state index contributed by atoms with van der Waals surface area (Å²) in [4.78, 5) is 22.1. The Labute approximate surface area is 112 Å². The van der Waals surface area contributed by atoms with E-state index in [4.69, 9.17) is 5.11 Å². The van der Waals surface area contributed by atoms with Gasteiger partial charge in [0.1, 0.15) is 0 Å². The number of hydrogen-bond donors (Lipinski definition) is 3. The SMILES string of the molecule is CC(C)/C=C/NC(=O)NCc1ccc(C(=O)O)cc1. The first-order chi connectivity index (χ1) is 8.99. The number of carboxylic acids is 1. The summed E-state index contributed by atoms with van der Waals surface area (Å²) in [5, 5.41) is 14.0. The van der Waals surface area contributed by atoms with Crippen LogP contribution in [0, 0.1) is 5.92 Å². The highest BCUT2D eigenvalue weighted by Crippen LogP contribution is 2.04. The lowest BCUT2D eigenvalue weighted by molar-refractivity contribution is 0.0697. The predicted octanol–water partition coefficient (Wildman–Crippen LogP) is 2.35. The van der Waals surface area contributed by atoms with Crippen molar-refractivity contribution >= 4 is 12.0 Å². The normalized spacial score (nSPS) is 10.7. The molecule has 0 bridgehead atoms. The largest absolute Gasteiger partial charge is 0.478 e. The highest BCUT2D eigenvalue weighted by molar-refractivity contribution is 5.87. The standard InChI is InChI=1S/C14H18N2O3/c1-10(2)7-8-15-14(19)16-9-11-3-5-12(6-4-11)13(17)18/h3-8,10H,9H2,1-2H3,(H,17,18)(H2,15,16,19)/b8-7+. The minimum absolute atomic E-state index is 0.230. The van der Waals surface area contributed by atoms with E-state index in [1.165, 1.54) is 12.1 Å². The molecular weight excluding hydrogens is 244 g/mol. The van der Waals surface area contributed by atoms with Gasteiger partial charge < -0.3 is 15.7 Å². The van der Waals surface area contributed by atoms with Crippen LogP contribution in [-0.4, -0.2) is 17.1 Å². The van der Waals surface area contributed by atoms with Gasteiger partial charge in [-0.3, -0.25) is 0 Å². The van der Waals surface area contributed by atoms with Crippen molar-refractivity contribution in [3.8, 4) is 0 Å². The molecule has 3 N–H and O–H groups in total. The summed E-state index contributed by atoms with van der Waals surface area (Å²) in [6.07, 6.45) is 3.48. The van der Waals surface area contributed by atoms with Crippen molar-refractivity contribution < 1.29 is 14.7 Å². The van der Waals surface area contributed by atoms with E-state index >= 15 is 0 Å². The zero-order chi connectivity index (χ0) is 14.3. The van der Waals surface area contributed by atoms with Crippen LogP contribution < -0.4 is 10.6 Å². The summed E-state index contributed by atoms with van der Waals surface area (Å²) in [6.45, 7) is 4.38. The Bertz CT molecular complexity index is 464. The number of amides is 2. The summed E-state index contributed by atoms with van der Waals surface area (Å²) < 4.78 is 0. The van der Waals surface area contributed by atoms with Gasteiger partial charge in [-0.25, -0.2) is 9.59 Å². The number of carboxylic acid groups (broad SMARTS) is 1. The zero-order valence-electron chi connectivity index (χ0n) is 11.0. The number of carbonyl (C=O) groups excluding carboxylic acids is 1. The van der Waals surface area contributed by atoms with E-state index in [2.05, 4.69) is 10.6 Å². The number of benzene rings is 1. The van der Waals surface area contributed by atoms with E-state index in [-0.39, 0.29) is 11.6 Å². The second-order valence-corrected chi connectivity index (χ2v) is 4.43. The molecule has 0 aliphatic heterocycles. The molecule has 102 valence electrons. The molecule has 2 amide bonds. The molecule has 0 radical (unpaired) electrons. The fourth-order valence-electron chi connectivity index (χ4n) is 1.31. The number of nitrogens with one attached hydrogen (secondary N) is 2. The lowest BCUT2D eigenvalue weighted by atomic mass is 10.1. The number of carbonyl (C=O) groups is 2. The Morgan fingerprint density at radius 1 is 1.26 bits per heavy atom. The van der Waals surface area contributed by atoms with Gasteiger partial charge in [0.15, 0.2) is 0 Å². The topological polar surface area (TPSA) is 78.4 Å². The van der Waals surface area contributed by atoms with Crippen molar-refractivity contribution in [2.24, 2.45) is 5.92 Å². The molecular formula is C14H18N2O3. The van der Waals surface area contributed by atoms with E-state index in [9.17, 15) is 9.59 Å². The van der Waals surface area contributed by atoms with Crippen LogP contribution in [0.3, 0.4) is 0 Å². The summed E-state index contributed by atoms with van der Waals surface area (Å²) in [5.41, 5.74) is 1.07. The third-order valence-electron chi connectivity index (χ3n) is 2.35. The van der Waals surface area contributed by atoms with Gasteiger partial charge >= 0.3 is 12.0 Å². The van der Waals surface area contributed by atoms with E-state index in [0.29, 0.717) is 12.5 Å². The number of rotatable bonds is 5. The van der Waals surface area contributed by atoms with Crippen LogP contribution in [0.4, 0.5) is 4.79 Å². The van der Waals surface area contributed by atoms with E-state index in [1.807, 2.05) is 19.9 Å². The van der Waals surface area contributed by atoms with Gasteiger partial charge in [-0.15, -0.1) is 0 Å². The van der Waals surface area contributed by atoms with Gasteiger partial charge in [0, 0.05) is 12.7 Å². The van der Waals surface area contributed by atoms with Crippen molar-refractivity contribution in [3.05, 3.63) is 47.7 Å². The van der Waals surface area contributed by atoms with Gasteiger partial charge in [-0.05, 0) is 23.6 Å². The van der Waals surface area contributed by atoms with Crippen molar-refractivity contribution in [3.63, 3.8) is 0 Å². The molecule has 0 fully saturated rings. The molecule has 0 aliphatic rings. The smallest absolute Gasteiger partial charge is 0.335 e. The monoisotopic (exact) mass is 262 g/mol. The number of allylic oxidation sites excluding steroid dienone is 1. The average molecular weight is 262 g/mol. The van der Waals surface area contributed by atoms with E-state index in [0.717, 1.165) is 5.56 Å². The quantitative estimate of drug-likeness (QED) is 0.762. The van der Waals surface area contributed by atoms with Crippen LogP contribution in [0.5, 0.6) is 0 Å². The van der Waals surface area contributed by atoms with E-state index in [1.54, 1.807) is 18.3 Å². The van der Waals surface area contributed by atoms with Crippen molar-refractivity contribution in [1.29, 1.82) is 0 Å². The fraction of sp³-hybridized carbons (Fsp3) is 0.286. The van der Waals surface area contributed by atoms with Gasteiger partial charge in [0.05, 0.1) is 5.56 Å². The predicted molar refractivity (Wildman–Crippen MR) is 72.8 cm³/mol. The Kier molecular flexibility index (Phi) is 5.60. The van der Waals surface area contributed by atoms with Crippen molar-refractivity contribution in [2.45, 2.75) is 20.4 Å². The molecule has 0 unspecified atom stereocenters. The highest BCUT2D eigenvalue weighted by Gasteiger charge is 2.02. The molecule has 0 spiro atoms. The molecule has 0 atom stereocenters. The summed E-state index contributed by atoms with van der Waals surface area (Å²) >= 11 is 0. The number of hydrogen-bond acceptors (Lipinski definition) is 2. The maximum atomic E-state index is 11.4. The van der Waals surface area contributed by atoms with Crippen LogP contribution >= 0.6 is 0 Å². The van der Waals surface area contributed by atoms with Gasteiger partial charge in [0.25, 0.3) is 0 Å². The minimum atomic E-state index is -0.962. The molecule has 0 aliphatic carbocycles. The number of aromatic carboxylic acids is 1. The fourth-order valence-corrected chi connectivity index (χ4v) is 1.31. The lowest BCUT2D eigenvalue weighted by Crippen LogP contribution is -2.31. The molecule has 19 heavy (non-hydrogen) atoms. The summed E-state index contributed by atoms with van der Waals surface area (Å²) in [7, 11) is 0. The van der Waals surface area contributed by atoms with Crippen LogP contribution in [-0.2, 0) is 6.54 Å². The minimum Gasteiger partial charge on any atom is -0.478 e. The summed E-state index contributed by atoms with van der Waals surface area (Å²) in [5.74, 6) is -0.583. The average Bonchev–Trinajstić information content (AvgIpc) is 2.36. The van der Waals surface area contributed by atoms with Gasteiger partial charge in [0.2, 0.25) is 0 Å². The van der Waals surface area contributed by atoms with E-state index < -0.39 is 5.97 Å². The second kappa shape index (κ2) is 7.20. The first kappa shape index (κ1) is 14.8. The third kappa shape index (κ3) is 5.72. The molecule has 0 saturated carbocycles. The van der Waals surface area contributed by atoms with Crippen LogP contribution in [0.25, 0.3) is 0 Å². The molecule has 1 aromatic carbocycles. The van der Waals surface area contributed by atoms with Crippen molar-refractivity contribution in [1.82, 2.24) is 10.6 Å². The van der Waals surface area contributed by atoms with Crippen LogP contribution in [0.15, 0.2) is 36.5 Å². The maximum absolute atomic E-state index is 11.4. The Balaban J connectivity index is 2.40. The zero-order valence-corrected chi connectivity index (χ0v) is 11.0. The van der Waals surface area contributed by atoms with Gasteiger partial charge in [-0.1, -0.05) is 32.1 Å². The van der Waals surface area contributed by atoms with Crippen molar-refractivity contribution in [2.75, 3.05) is 0 Å². The lowest BCUT2D eigenvalue weighted by Gasteiger charge is -2.05. The summed E-state index contributed by atoms with van der Waals surface area (Å²) in [6, 6.07) is 6.08. The maximum Gasteiger partial charge on any atom is 0.335 e. The molecule has 0 heterocycles. The first-order valence-corrected chi connectivity index (χ1v) is 6.02. The Morgan fingerprint density at radius 3 is 2.42 bits per heavy atom.